The Kier molecular flexibility index (Phi) is 3.88. The van der Waals surface area contributed by atoms with Crippen LogP contribution in [0.5, 0.6) is 0 Å². The topological polar surface area (TPSA) is 29.1 Å². The summed E-state index contributed by atoms with van der Waals surface area (Å²) in [5.74, 6) is 0. The van der Waals surface area contributed by atoms with Crippen LogP contribution in [0, 0.1) is 0 Å². The molecule has 0 radical (unpaired) electrons. The van der Waals surface area contributed by atoms with Crippen molar-refractivity contribution >= 4 is 46.8 Å². The third kappa shape index (κ3) is 2.78. The molecule has 2 nitrogen and oxygen atoms in total. The van der Waals surface area contributed by atoms with Crippen molar-refractivity contribution in [3.63, 3.8) is 0 Å². The van der Waals surface area contributed by atoms with Crippen LogP contribution in [0.25, 0.3) is 0 Å². The van der Waals surface area contributed by atoms with Crippen molar-refractivity contribution in [3.05, 3.63) is 40.0 Å². The molecule has 0 unspecified atom stereocenters. The molecule has 1 heterocycles. The van der Waals surface area contributed by atoms with Crippen LogP contribution >= 0.6 is 34.7 Å². The quantitative estimate of drug-likeness (QED) is 0.846. The van der Waals surface area contributed by atoms with Crippen molar-refractivity contribution < 1.29 is 4.79 Å². The van der Waals surface area contributed by atoms with Gasteiger partial charge in [-0.25, -0.2) is 0 Å². The molecule has 0 saturated heterocycles. The minimum Gasteiger partial charge on any atom is -0.328 e. The molecule has 0 bridgehead atoms. The molecule has 0 aliphatic rings. The van der Waals surface area contributed by atoms with Gasteiger partial charge in [0.05, 0.1) is 5.69 Å². The summed E-state index contributed by atoms with van der Waals surface area (Å²) in [6.45, 7) is 0. The fourth-order valence-electron chi connectivity index (χ4n) is 1.20. The molecule has 0 fully saturated rings. The fraction of sp³-hybridized carbons (Fsp3) is 0. The minimum absolute atomic E-state index is 0.610. The van der Waals surface area contributed by atoms with Crippen LogP contribution in [-0.2, 0) is 4.79 Å². The number of nitrogens with one attached hydrogen (secondary N) is 1. The number of hydrogen-bond acceptors (Lipinski definition) is 3. The number of hydrogen-bond donors (Lipinski definition) is 1. The van der Waals surface area contributed by atoms with E-state index in [9.17, 15) is 4.79 Å². The summed E-state index contributed by atoms with van der Waals surface area (Å²) in [4.78, 5) is 12.6. The first-order valence-corrected chi connectivity index (χ1v) is 6.63. The lowest BCUT2D eigenvalue weighted by molar-refractivity contribution is -0.105. The Morgan fingerprint density at radius 1 is 1.38 bits per heavy atom. The average Bonchev–Trinajstić information content (AvgIpc) is 2.75. The van der Waals surface area contributed by atoms with E-state index in [4.69, 9.17) is 11.6 Å². The molecule has 16 heavy (non-hydrogen) atoms. The van der Waals surface area contributed by atoms with E-state index < -0.39 is 0 Å². The second-order valence-corrected chi connectivity index (χ2v) is 5.30. The van der Waals surface area contributed by atoms with Crippen LogP contribution in [0.2, 0.25) is 5.02 Å². The van der Waals surface area contributed by atoms with Crippen LogP contribution in [0.1, 0.15) is 0 Å². The summed E-state index contributed by atoms with van der Waals surface area (Å²) >= 11 is 9.12. The number of thiophene rings is 1. The van der Waals surface area contributed by atoms with Gasteiger partial charge in [-0.05, 0) is 29.6 Å². The van der Waals surface area contributed by atoms with Crippen LogP contribution in [-0.4, -0.2) is 6.41 Å². The van der Waals surface area contributed by atoms with E-state index in [1.807, 2.05) is 23.6 Å². The molecule has 1 amide bonds. The third-order valence-corrected chi connectivity index (χ3v) is 4.01. The zero-order chi connectivity index (χ0) is 11.4. The molecule has 0 spiro atoms. The van der Waals surface area contributed by atoms with Gasteiger partial charge in [-0.2, -0.15) is 11.3 Å². The summed E-state index contributed by atoms with van der Waals surface area (Å²) in [6.07, 6.45) is 0.656. The van der Waals surface area contributed by atoms with Gasteiger partial charge in [-0.3, -0.25) is 4.79 Å². The van der Waals surface area contributed by atoms with Crippen molar-refractivity contribution in [3.8, 4) is 0 Å². The zero-order valence-corrected chi connectivity index (χ0v) is 10.5. The first-order valence-electron chi connectivity index (χ1n) is 4.49. The zero-order valence-electron chi connectivity index (χ0n) is 8.14. The van der Waals surface area contributed by atoms with E-state index in [-0.39, 0.29) is 0 Å². The maximum atomic E-state index is 10.5. The third-order valence-electron chi connectivity index (χ3n) is 1.88. The van der Waals surface area contributed by atoms with E-state index in [1.54, 1.807) is 29.2 Å². The van der Waals surface area contributed by atoms with Crippen molar-refractivity contribution in [1.29, 1.82) is 0 Å². The standard InChI is InChI=1S/C11H8ClNOS2/c12-8-1-2-11(10(5-8)13-7-14)16-9-3-4-15-6-9/h1-7H,(H,13,14). The number of carbonyl (C=O) groups excluding carboxylic acids is 1. The van der Waals surface area contributed by atoms with Crippen molar-refractivity contribution in [2.75, 3.05) is 5.32 Å². The molecule has 1 N–H and O–H groups in total. The lowest BCUT2D eigenvalue weighted by Crippen LogP contribution is -1.95. The van der Waals surface area contributed by atoms with Gasteiger partial charge in [0.1, 0.15) is 0 Å². The van der Waals surface area contributed by atoms with E-state index in [0.29, 0.717) is 11.4 Å². The highest BCUT2D eigenvalue weighted by molar-refractivity contribution is 7.99. The van der Waals surface area contributed by atoms with E-state index in [1.165, 1.54) is 0 Å². The van der Waals surface area contributed by atoms with Crippen LogP contribution in [0.4, 0.5) is 5.69 Å². The monoisotopic (exact) mass is 269 g/mol. The molecule has 0 saturated carbocycles. The number of amides is 1. The van der Waals surface area contributed by atoms with Crippen LogP contribution in [0.15, 0.2) is 44.8 Å². The molecule has 2 aromatic rings. The largest absolute Gasteiger partial charge is 0.328 e. The van der Waals surface area contributed by atoms with Gasteiger partial charge in [0.25, 0.3) is 0 Å². The highest BCUT2D eigenvalue weighted by Gasteiger charge is 2.05. The van der Waals surface area contributed by atoms with Gasteiger partial charge >= 0.3 is 0 Å². The first-order chi connectivity index (χ1) is 7.79. The normalized spacial score (nSPS) is 10.1. The molecule has 2 rings (SSSR count). The Labute approximate surface area is 107 Å². The Morgan fingerprint density at radius 2 is 2.25 bits per heavy atom. The maximum Gasteiger partial charge on any atom is 0.211 e. The van der Waals surface area contributed by atoms with E-state index in [2.05, 4.69) is 10.7 Å². The number of halogens is 1. The Bertz CT molecular complexity index is 485. The fourth-order valence-corrected chi connectivity index (χ4v) is 3.09. The van der Waals surface area contributed by atoms with Crippen molar-refractivity contribution in [2.24, 2.45) is 0 Å². The van der Waals surface area contributed by atoms with Gasteiger partial charge in [0.2, 0.25) is 6.41 Å². The van der Waals surface area contributed by atoms with Crippen molar-refractivity contribution in [1.82, 2.24) is 0 Å². The second-order valence-electron chi connectivity index (χ2n) is 2.96. The minimum atomic E-state index is 0.610. The smallest absolute Gasteiger partial charge is 0.211 e. The molecule has 1 aromatic heterocycles. The Hall–Kier alpha value is -0.970. The Balaban J connectivity index is 2.28. The summed E-state index contributed by atoms with van der Waals surface area (Å²) in [5, 5.41) is 7.34. The number of carbonyl (C=O) groups is 1. The maximum absolute atomic E-state index is 10.5. The molecular weight excluding hydrogens is 262 g/mol. The van der Waals surface area contributed by atoms with Gasteiger partial charge in [0.15, 0.2) is 0 Å². The van der Waals surface area contributed by atoms with E-state index in [0.717, 1.165) is 15.5 Å². The molecule has 0 aliphatic carbocycles. The molecule has 0 aliphatic heterocycles. The highest BCUT2D eigenvalue weighted by Crippen LogP contribution is 2.35. The predicted molar refractivity (Wildman–Crippen MR) is 69.6 cm³/mol. The molecule has 1 aromatic carbocycles. The Morgan fingerprint density at radius 3 is 2.94 bits per heavy atom. The number of rotatable bonds is 4. The first kappa shape index (κ1) is 11.5. The van der Waals surface area contributed by atoms with E-state index >= 15 is 0 Å². The highest BCUT2D eigenvalue weighted by atomic mass is 35.5. The van der Waals surface area contributed by atoms with Crippen LogP contribution in [0.3, 0.4) is 0 Å². The van der Waals surface area contributed by atoms with Gasteiger partial charge in [-0.1, -0.05) is 23.4 Å². The van der Waals surface area contributed by atoms with Gasteiger partial charge in [0, 0.05) is 20.2 Å². The lowest BCUT2D eigenvalue weighted by atomic mass is 10.3. The van der Waals surface area contributed by atoms with Gasteiger partial charge in [-0.15, -0.1) is 0 Å². The molecule has 0 atom stereocenters. The SMILES string of the molecule is O=CNc1cc(Cl)ccc1Sc1ccsc1. The number of benzene rings is 1. The lowest BCUT2D eigenvalue weighted by Gasteiger charge is -2.07. The molecule has 82 valence electrons. The molecular formula is C11H8ClNOS2. The van der Waals surface area contributed by atoms with Gasteiger partial charge < -0.3 is 5.32 Å². The average molecular weight is 270 g/mol. The predicted octanol–water partition coefficient (Wildman–Crippen LogP) is 4.12. The molecule has 5 heteroatoms. The summed E-state index contributed by atoms with van der Waals surface area (Å²) < 4.78 is 0. The summed E-state index contributed by atoms with van der Waals surface area (Å²) in [7, 11) is 0. The van der Waals surface area contributed by atoms with Crippen LogP contribution < -0.4 is 5.32 Å². The van der Waals surface area contributed by atoms with Crippen molar-refractivity contribution in [2.45, 2.75) is 9.79 Å². The summed E-state index contributed by atoms with van der Waals surface area (Å²) in [5.41, 5.74) is 0.735. The summed E-state index contributed by atoms with van der Waals surface area (Å²) in [6, 6.07) is 7.49. The second kappa shape index (κ2) is 5.39. The number of anilines is 1.